The maximum Gasteiger partial charge on any atom is 0.153 e. The van der Waals surface area contributed by atoms with Crippen molar-refractivity contribution in [1.29, 1.82) is 0 Å². The number of phenolic OH excluding ortho intramolecular Hbond substituents is 1. The van der Waals surface area contributed by atoms with Crippen LogP contribution in [0.1, 0.15) is 87.7 Å². The van der Waals surface area contributed by atoms with Crippen molar-refractivity contribution in [3.05, 3.63) is 40.3 Å². The number of aromatic hydroxyl groups is 1. The highest BCUT2D eigenvalue weighted by atomic mass is 32.1. The zero-order valence-corrected chi connectivity index (χ0v) is 17.4. The van der Waals surface area contributed by atoms with E-state index in [1.54, 1.807) is 17.4 Å². The lowest BCUT2D eigenvalue weighted by molar-refractivity contribution is 0.112. The number of rotatable bonds is 9. The molecule has 0 aliphatic heterocycles. The molecule has 0 fully saturated rings. The van der Waals surface area contributed by atoms with Crippen molar-refractivity contribution in [2.24, 2.45) is 0 Å². The Kier molecular flexibility index (Phi) is 7.45. The summed E-state index contributed by atoms with van der Waals surface area (Å²) in [6.07, 6.45) is 9.73. The van der Waals surface area contributed by atoms with Gasteiger partial charge in [-0.25, -0.2) is 0 Å². The van der Waals surface area contributed by atoms with Crippen molar-refractivity contribution < 1.29 is 9.90 Å². The minimum atomic E-state index is -0.212. The lowest BCUT2D eigenvalue weighted by Gasteiger charge is -2.22. The van der Waals surface area contributed by atoms with E-state index in [2.05, 4.69) is 39.1 Å². The van der Waals surface area contributed by atoms with E-state index < -0.39 is 0 Å². The zero-order valence-electron chi connectivity index (χ0n) is 16.6. The van der Waals surface area contributed by atoms with Crippen LogP contribution in [0.2, 0.25) is 0 Å². The van der Waals surface area contributed by atoms with Crippen molar-refractivity contribution in [2.75, 3.05) is 0 Å². The van der Waals surface area contributed by atoms with Crippen LogP contribution in [0.4, 0.5) is 0 Å². The standard InChI is InChI=1S/C23H32O2S/c1-5-6-7-8-9-10-11-17-12-21(26-16-17)18-13-19(15-24)22(25)20(14-18)23(2,3)4/h12-16,25H,5-11H2,1-4H3. The summed E-state index contributed by atoms with van der Waals surface area (Å²) in [5.41, 5.74) is 3.38. The van der Waals surface area contributed by atoms with Crippen LogP contribution in [0.3, 0.4) is 0 Å². The van der Waals surface area contributed by atoms with Crippen molar-refractivity contribution in [3.8, 4) is 16.2 Å². The number of carbonyl (C=O) groups excluding carboxylic acids is 1. The molecule has 0 atom stereocenters. The van der Waals surface area contributed by atoms with Gasteiger partial charge >= 0.3 is 0 Å². The third-order valence-electron chi connectivity index (χ3n) is 4.83. The minimum absolute atomic E-state index is 0.111. The molecule has 0 amide bonds. The molecule has 142 valence electrons. The number of hydrogen-bond donors (Lipinski definition) is 1. The fourth-order valence-electron chi connectivity index (χ4n) is 3.23. The van der Waals surface area contributed by atoms with Gasteiger partial charge in [-0.15, -0.1) is 11.3 Å². The van der Waals surface area contributed by atoms with Crippen LogP contribution in [0.15, 0.2) is 23.6 Å². The predicted octanol–water partition coefficient (Wildman–Crippen LogP) is 7.13. The molecule has 0 saturated heterocycles. The number of thiophene rings is 1. The topological polar surface area (TPSA) is 37.3 Å². The molecule has 0 saturated carbocycles. The summed E-state index contributed by atoms with van der Waals surface area (Å²) in [6, 6.07) is 6.07. The molecule has 3 heteroatoms. The van der Waals surface area contributed by atoms with E-state index >= 15 is 0 Å². The first kappa shape index (κ1) is 20.7. The largest absolute Gasteiger partial charge is 0.507 e. The van der Waals surface area contributed by atoms with E-state index in [4.69, 9.17) is 0 Å². The van der Waals surface area contributed by atoms with Gasteiger partial charge in [-0.3, -0.25) is 4.79 Å². The van der Waals surface area contributed by atoms with Gasteiger partial charge in [-0.1, -0.05) is 59.8 Å². The average Bonchev–Trinajstić information content (AvgIpc) is 3.06. The molecule has 0 aliphatic rings. The van der Waals surface area contributed by atoms with Crippen molar-refractivity contribution in [2.45, 2.75) is 78.1 Å². The molecule has 1 aromatic carbocycles. The summed E-state index contributed by atoms with van der Waals surface area (Å²) in [6.45, 7) is 8.41. The number of aryl methyl sites for hydroxylation is 1. The molecule has 2 rings (SSSR count). The molecule has 0 bridgehead atoms. The first-order valence-corrected chi connectivity index (χ1v) is 10.6. The normalized spacial score (nSPS) is 11.7. The first-order chi connectivity index (χ1) is 12.4. The van der Waals surface area contributed by atoms with E-state index in [1.165, 1.54) is 49.0 Å². The Bertz CT molecular complexity index is 722. The maximum absolute atomic E-state index is 11.4. The van der Waals surface area contributed by atoms with E-state index in [9.17, 15) is 9.90 Å². The van der Waals surface area contributed by atoms with Gasteiger partial charge in [-0.2, -0.15) is 0 Å². The van der Waals surface area contributed by atoms with Gasteiger partial charge in [0.2, 0.25) is 0 Å². The molecule has 0 unspecified atom stereocenters. The van der Waals surface area contributed by atoms with Crippen LogP contribution in [0, 0.1) is 0 Å². The second-order valence-corrected chi connectivity index (χ2v) is 9.08. The Morgan fingerprint density at radius 3 is 2.38 bits per heavy atom. The molecule has 0 spiro atoms. The SMILES string of the molecule is CCCCCCCCc1csc(-c2cc(C=O)c(O)c(C(C)(C)C)c2)c1. The average molecular weight is 373 g/mol. The summed E-state index contributed by atoms with van der Waals surface area (Å²) < 4.78 is 0. The van der Waals surface area contributed by atoms with Gasteiger partial charge in [0.25, 0.3) is 0 Å². The van der Waals surface area contributed by atoms with Gasteiger partial charge in [0.05, 0.1) is 5.56 Å². The number of aldehydes is 1. The van der Waals surface area contributed by atoms with Crippen LogP contribution in [0.5, 0.6) is 5.75 Å². The molecule has 0 radical (unpaired) electrons. The van der Waals surface area contributed by atoms with Gasteiger partial charge < -0.3 is 5.11 Å². The molecular formula is C23H32O2S. The summed E-state index contributed by atoms with van der Waals surface area (Å²) in [5.74, 6) is 0.111. The Morgan fingerprint density at radius 2 is 1.73 bits per heavy atom. The molecule has 2 nitrogen and oxygen atoms in total. The zero-order chi connectivity index (χ0) is 19.2. The molecule has 26 heavy (non-hydrogen) atoms. The summed E-state index contributed by atoms with van der Waals surface area (Å²) in [7, 11) is 0. The highest BCUT2D eigenvalue weighted by Crippen LogP contribution is 2.38. The summed E-state index contributed by atoms with van der Waals surface area (Å²) >= 11 is 1.72. The van der Waals surface area contributed by atoms with Crippen LogP contribution in [-0.4, -0.2) is 11.4 Å². The van der Waals surface area contributed by atoms with Crippen molar-refractivity contribution >= 4 is 17.6 Å². The molecule has 2 aromatic rings. The number of phenols is 1. The third-order valence-corrected chi connectivity index (χ3v) is 5.86. The fourth-order valence-corrected chi connectivity index (χ4v) is 4.17. The van der Waals surface area contributed by atoms with Crippen molar-refractivity contribution in [1.82, 2.24) is 0 Å². The monoisotopic (exact) mass is 372 g/mol. The highest BCUT2D eigenvalue weighted by molar-refractivity contribution is 7.13. The summed E-state index contributed by atoms with van der Waals surface area (Å²) in [4.78, 5) is 12.6. The van der Waals surface area contributed by atoms with Crippen LogP contribution >= 0.6 is 11.3 Å². The van der Waals surface area contributed by atoms with E-state index in [0.29, 0.717) is 5.56 Å². The van der Waals surface area contributed by atoms with Gasteiger partial charge in [-0.05, 0) is 53.0 Å². The Hall–Kier alpha value is -1.61. The molecule has 1 aromatic heterocycles. The van der Waals surface area contributed by atoms with Crippen LogP contribution in [-0.2, 0) is 11.8 Å². The van der Waals surface area contributed by atoms with Crippen molar-refractivity contribution in [3.63, 3.8) is 0 Å². The Balaban J connectivity index is 2.12. The second kappa shape index (κ2) is 9.36. The van der Waals surface area contributed by atoms with Gasteiger partial charge in [0.15, 0.2) is 6.29 Å². The Labute approximate surface area is 162 Å². The molecule has 0 aliphatic carbocycles. The van der Waals surface area contributed by atoms with Crippen LogP contribution < -0.4 is 0 Å². The van der Waals surface area contributed by atoms with E-state index in [-0.39, 0.29) is 11.2 Å². The third kappa shape index (κ3) is 5.44. The van der Waals surface area contributed by atoms with E-state index in [0.717, 1.165) is 23.8 Å². The quantitative estimate of drug-likeness (QED) is 0.375. The number of hydrogen-bond acceptors (Lipinski definition) is 3. The number of benzene rings is 1. The fraction of sp³-hybridized carbons (Fsp3) is 0.522. The Morgan fingerprint density at radius 1 is 1.04 bits per heavy atom. The number of carbonyl (C=O) groups is 1. The number of unbranched alkanes of at least 4 members (excludes halogenated alkanes) is 5. The minimum Gasteiger partial charge on any atom is -0.507 e. The highest BCUT2D eigenvalue weighted by Gasteiger charge is 2.22. The lowest BCUT2D eigenvalue weighted by atomic mass is 9.84. The molecule has 1 heterocycles. The molecule has 1 N–H and O–H groups in total. The van der Waals surface area contributed by atoms with Gasteiger partial charge in [0, 0.05) is 10.4 Å². The van der Waals surface area contributed by atoms with Crippen LogP contribution in [0.25, 0.3) is 10.4 Å². The molecular weight excluding hydrogens is 340 g/mol. The van der Waals surface area contributed by atoms with Gasteiger partial charge in [0.1, 0.15) is 5.75 Å². The predicted molar refractivity (Wildman–Crippen MR) is 113 cm³/mol. The first-order valence-electron chi connectivity index (χ1n) is 9.77. The van der Waals surface area contributed by atoms with E-state index in [1.807, 2.05) is 6.07 Å². The smallest absolute Gasteiger partial charge is 0.153 e. The summed E-state index contributed by atoms with van der Waals surface area (Å²) in [5, 5.41) is 12.6. The second-order valence-electron chi connectivity index (χ2n) is 8.17. The lowest BCUT2D eigenvalue weighted by Crippen LogP contribution is -2.12. The maximum atomic E-state index is 11.4.